The van der Waals surface area contributed by atoms with Crippen LogP contribution in [0, 0.1) is 0 Å². The molecule has 1 N–H and O–H groups in total. The van der Waals surface area contributed by atoms with E-state index in [1.807, 2.05) is 0 Å². The molecule has 0 aliphatic heterocycles. The number of thioether (sulfide) groups is 1. The predicted octanol–water partition coefficient (Wildman–Crippen LogP) is 3.56. The molecule has 0 spiro atoms. The highest BCUT2D eigenvalue weighted by atomic mass is 32.2. The number of amides is 1. The second-order valence-corrected chi connectivity index (χ2v) is 6.63. The third-order valence-electron chi connectivity index (χ3n) is 3.65. The highest BCUT2D eigenvalue weighted by Gasteiger charge is 2.30. The van der Waals surface area contributed by atoms with Crippen LogP contribution in [0.5, 0.6) is 5.75 Å². The summed E-state index contributed by atoms with van der Waals surface area (Å²) in [5.41, 5.74) is 0.642. The lowest BCUT2D eigenvalue weighted by Crippen LogP contribution is -2.21. The molecule has 0 bridgehead atoms. The van der Waals surface area contributed by atoms with E-state index in [2.05, 4.69) is 15.0 Å². The number of rotatable bonds is 5. The zero-order valence-electron chi connectivity index (χ0n) is 14.5. The fourth-order valence-corrected chi connectivity index (χ4v) is 3.17. The van der Waals surface area contributed by atoms with Gasteiger partial charge in [-0.2, -0.15) is 0 Å². The minimum Gasteiger partial charge on any atom is -0.406 e. The van der Waals surface area contributed by atoms with Gasteiger partial charge in [-0.3, -0.25) is 14.2 Å². The van der Waals surface area contributed by atoms with Crippen LogP contribution in [0.2, 0.25) is 0 Å². The summed E-state index contributed by atoms with van der Waals surface area (Å²) in [4.78, 5) is 28.8. The summed E-state index contributed by atoms with van der Waals surface area (Å²) in [6, 6.07) is 11.7. The molecule has 146 valence electrons. The van der Waals surface area contributed by atoms with E-state index in [1.54, 1.807) is 31.3 Å². The molecule has 3 rings (SSSR count). The number of alkyl halides is 3. The van der Waals surface area contributed by atoms with Crippen molar-refractivity contribution in [3.05, 3.63) is 58.9 Å². The molecule has 0 aliphatic rings. The van der Waals surface area contributed by atoms with Gasteiger partial charge in [0.15, 0.2) is 5.16 Å². The van der Waals surface area contributed by atoms with Crippen LogP contribution in [-0.2, 0) is 11.8 Å². The van der Waals surface area contributed by atoms with Crippen molar-refractivity contribution in [1.29, 1.82) is 0 Å². The number of fused-ring (bicyclic) bond motifs is 1. The fraction of sp³-hybridized carbons (Fsp3) is 0.167. The molecule has 1 amide bonds. The number of hydrogen-bond donors (Lipinski definition) is 1. The number of aromatic nitrogens is 2. The zero-order chi connectivity index (χ0) is 20.3. The Labute approximate surface area is 161 Å². The maximum atomic E-state index is 12.3. The van der Waals surface area contributed by atoms with Gasteiger partial charge < -0.3 is 10.1 Å². The molecule has 0 radical (unpaired) electrons. The molecule has 6 nitrogen and oxygen atoms in total. The summed E-state index contributed by atoms with van der Waals surface area (Å²) < 4.78 is 41.6. The smallest absolute Gasteiger partial charge is 0.406 e. The van der Waals surface area contributed by atoms with E-state index >= 15 is 0 Å². The molecule has 3 aromatic rings. The maximum Gasteiger partial charge on any atom is 0.573 e. The lowest BCUT2D eigenvalue weighted by Gasteiger charge is -2.10. The number of nitrogens with one attached hydrogen (secondary N) is 1. The molecule has 0 atom stereocenters. The summed E-state index contributed by atoms with van der Waals surface area (Å²) >= 11 is 1.08. The first-order valence-electron chi connectivity index (χ1n) is 7.97. The Hall–Kier alpha value is -3.01. The van der Waals surface area contributed by atoms with Crippen molar-refractivity contribution in [2.75, 3.05) is 11.1 Å². The molecule has 10 heteroatoms. The molecule has 2 aromatic carbocycles. The maximum absolute atomic E-state index is 12.3. The van der Waals surface area contributed by atoms with Crippen molar-refractivity contribution in [1.82, 2.24) is 9.55 Å². The number of nitrogens with zero attached hydrogens (tertiary/aromatic N) is 2. The van der Waals surface area contributed by atoms with Gasteiger partial charge in [0.2, 0.25) is 5.91 Å². The third kappa shape index (κ3) is 4.83. The van der Waals surface area contributed by atoms with Gasteiger partial charge in [-0.25, -0.2) is 4.98 Å². The van der Waals surface area contributed by atoms with Gasteiger partial charge in [0, 0.05) is 12.7 Å². The van der Waals surface area contributed by atoms with E-state index in [1.165, 1.54) is 16.7 Å². The molecule has 0 saturated heterocycles. The molecule has 1 heterocycles. The largest absolute Gasteiger partial charge is 0.573 e. The lowest BCUT2D eigenvalue weighted by molar-refractivity contribution is -0.274. The number of ether oxygens (including phenoxy) is 1. The average molecular weight is 409 g/mol. The summed E-state index contributed by atoms with van der Waals surface area (Å²) in [5.74, 6) is -0.800. The van der Waals surface area contributed by atoms with E-state index in [-0.39, 0.29) is 17.1 Å². The topological polar surface area (TPSA) is 73.2 Å². The quantitative estimate of drug-likeness (QED) is 0.515. The summed E-state index contributed by atoms with van der Waals surface area (Å²) in [5, 5.41) is 3.43. The number of hydrogen-bond acceptors (Lipinski definition) is 5. The van der Waals surface area contributed by atoms with Gasteiger partial charge in [-0.1, -0.05) is 23.9 Å². The van der Waals surface area contributed by atoms with E-state index in [9.17, 15) is 22.8 Å². The van der Waals surface area contributed by atoms with Crippen molar-refractivity contribution in [2.45, 2.75) is 11.5 Å². The Bertz CT molecular complexity index is 1070. The van der Waals surface area contributed by atoms with Crippen LogP contribution in [0.15, 0.2) is 58.5 Å². The molecule has 0 saturated carbocycles. The minimum absolute atomic E-state index is 0.0284. The van der Waals surface area contributed by atoms with Crippen LogP contribution in [0.3, 0.4) is 0 Å². The van der Waals surface area contributed by atoms with Crippen LogP contribution in [-0.4, -0.2) is 27.6 Å². The standard InChI is InChI=1S/C18H14F3N3O3S/c1-24-16(26)13-4-2-3-5-14(13)23-17(24)28-10-15(25)22-11-6-8-12(9-7-11)27-18(19,20)21/h2-9H,10H2,1H3,(H,22,25). The van der Waals surface area contributed by atoms with Crippen molar-refractivity contribution in [3.8, 4) is 5.75 Å². The van der Waals surface area contributed by atoms with Crippen LogP contribution in [0.1, 0.15) is 0 Å². The van der Waals surface area contributed by atoms with E-state index in [4.69, 9.17) is 0 Å². The van der Waals surface area contributed by atoms with Crippen molar-refractivity contribution < 1.29 is 22.7 Å². The number of halogens is 3. The first-order valence-corrected chi connectivity index (χ1v) is 8.96. The van der Waals surface area contributed by atoms with Crippen LogP contribution in [0.25, 0.3) is 10.9 Å². The Kier molecular flexibility index (Phi) is 5.59. The lowest BCUT2D eigenvalue weighted by atomic mass is 10.2. The van der Waals surface area contributed by atoms with E-state index in [0.717, 1.165) is 23.9 Å². The second-order valence-electron chi connectivity index (χ2n) is 5.68. The van der Waals surface area contributed by atoms with Gasteiger partial charge in [0.25, 0.3) is 5.56 Å². The van der Waals surface area contributed by atoms with Gasteiger partial charge in [0.1, 0.15) is 5.75 Å². The van der Waals surface area contributed by atoms with Gasteiger partial charge in [-0.15, -0.1) is 13.2 Å². The predicted molar refractivity (Wildman–Crippen MR) is 99.5 cm³/mol. The molecule has 0 unspecified atom stereocenters. The molecular weight excluding hydrogens is 395 g/mol. The molecule has 0 aliphatic carbocycles. The van der Waals surface area contributed by atoms with Crippen LogP contribution < -0.4 is 15.6 Å². The average Bonchev–Trinajstić information content (AvgIpc) is 2.64. The molecular formula is C18H14F3N3O3S. The second kappa shape index (κ2) is 7.93. The first kappa shape index (κ1) is 19.7. The zero-order valence-corrected chi connectivity index (χ0v) is 15.3. The normalized spacial score (nSPS) is 11.4. The Morgan fingerprint density at radius 1 is 1.18 bits per heavy atom. The highest BCUT2D eigenvalue weighted by molar-refractivity contribution is 7.99. The van der Waals surface area contributed by atoms with Gasteiger partial charge in [0.05, 0.1) is 16.7 Å². The van der Waals surface area contributed by atoms with Gasteiger partial charge in [-0.05, 0) is 36.4 Å². The number of benzene rings is 2. The molecule has 28 heavy (non-hydrogen) atoms. The summed E-state index contributed by atoms with van der Waals surface area (Å²) in [6.45, 7) is 0. The SMILES string of the molecule is Cn1c(SCC(=O)Nc2ccc(OC(F)(F)F)cc2)nc2ccccc2c1=O. The Balaban J connectivity index is 1.64. The van der Waals surface area contributed by atoms with Gasteiger partial charge >= 0.3 is 6.36 Å². The van der Waals surface area contributed by atoms with Crippen LogP contribution >= 0.6 is 11.8 Å². The van der Waals surface area contributed by atoms with E-state index in [0.29, 0.717) is 21.7 Å². The summed E-state index contributed by atoms with van der Waals surface area (Å²) in [7, 11) is 1.57. The number of para-hydroxylation sites is 1. The number of anilines is 1. The van der Waals surface area contributed by atoms with Crippen molar-refractivity contribution >= 4 is 34.3 Å². The van der Waals surface area contributed by atoms with Crippen molar-refractivity contribution in [3.63, 3.8) is 0 Å². The Morgan fingerprint density at radius 3 is 2.54 bits per heavy atom. The fourth-order valence-electron chi connectivity index (χ4n) is 2.39. The van der Waals surface area contributed by atoms with Crippen LogP contribution in [0.4, 0.5) is 18.9 Å². The molecule has 1 aromatic heterocycles. The highest BCUT2D eigenvalue weighted by Crippen LogP contribution is 2.24. The van der Waals surface area contributed by atoms with Crippen molar-refractivity contribution in [2.24, 2.45) is 7.05 Å². The first-order chi connectivity index (χ1) is 13.2. The minimum atomic E-state index is -4.77. The molecule has 0 fully saturated rings. The Morgan fingerprint density at radius 2 is 1.86 bits per heavy atom. The number of carbonyl (C=O) groups is 1. The monoisotopic (exact) mass is 409 g/mol. The third-order valence-corrected chi connectivity index (χ3v) is 4.68. The van der Waals surface area contributed by atoms with E-state index < -0.39 is 12.3 Å². The summed E-state index contributed by atoms with van der Waals surface area (Å²) in [6.07, 6.45) is -4.77. The number of carbonyl (C=O) groups excluding carboxylic acids is 1.